The molecule has 0 radical (unpaired) electrons. The summed E-state index contributed by atoms with van der Waals surface area (Å²) in [7, 11) is 1.99. The molecule has 0 amide bonds. The van der Waals surface area contributed by atoms with Gasteiger partial charge in [0, 0.05) is 32.0 Å². The van der Waals surface area contributed by atoms with E-state index < -0.39 is 0 Å². The summed E-state index contributed by atoms with van der Waals surface area (Å²) in [6.45, 7) is 2.60. The van der Waals surface area contributed by atoms with Gasteiger partial charge in [0.25, 0.3) is 0 Å². The Labute approximate surface area is 120 Å². The summed E-state index contributed by atoms with van der Waals surface area (Å²) < 4.78 is 2.05. The Hall–Kier alpha value is -1.91. The van der Waals surface area contributed by atoms with Crippen molar-refractivity contribution in [3.63, 3.8) is 0 Å². The highest BCUT2D eigenvalue weighted by Gasteiger charge is 1.95. The molecule has 0 fully saturated rings. The van der Waals surface area contributed by atoms with Crippen LogP contribution in [0.15, 0.2) is 49.1 Å². The van der Waals surface area contributed by atoms with Crippen LogP contribution in [-0.2, 0) is 6.54 Å². The lowest BCUT2D eigenvalue weighted by Gasteiger charge is -2.11. The molecule has 0 spiro atoms. The lowest BCUT2D eigenvalue weighted by atomic mass is 10.1. The number of rotatable bonds is 7. The van der Waals surface area contributed by atoms with E-state index >= 15 is 0 Å². The fourth-order valence-electron chi connectivity index (χ4n) is 1.96. The van der Waals surface area contributed by atoms with Crippen LogP contribution in [-0.4, -0.2) is 46.3 Å². The highest BCUT2D eigenvalue weighted by molar-refractivity contribution is 5.49. The van der Waals surface area contributed by atoms with Crippen molar-refractivity contribution in [2.45, 2.75) is 6.54 Å². The predicted octanol–water partition coefficient (Wildman–Crippen LogP) is 1.87. The summed E-state index contributed by atoms with van der Waals surface area (Å²) in [6, 6.07) is 8.51. The van der Waals surface area contributed by atoms with Crippen molar-refractivity contribution in [1.29, 1.82) is 0 Å². The SMILES string of the molecule is CN(C/C=C/c1ccc(Cn2ccnc2)cc1)CCO. The molecular formula is C16H21N3O. The first-order chi connectivity index (χ1) is 9.78. The largest absolute Gasteiger partial charge is 0.395 e. The van der Waals surface area contributed by atoms with Crippen molar-refractivity contribution in [3.05, 3.63) is 60.2 Å². The Bertz CT molecular complexity index is 517. The first-order valence-electron chi connectivity index (χ1n) is 6.78. The second-order valence-electron chi connectivity index (χ2n) is 4.86. The molecule has 0 bridgehead atoms. The molecule has 0 aliphatic carbocycles. The smallest absolute Gasteiger partial charge is 0.0949 e. The monoisotopic (exact) mass is 271 g/mol. The second-order valence-corrected chi connectivity index (χ2v) is 4.86. The standard InChI is InChI=1S/C16H21N3O/c1-18(11-12-20)9-2-3-15-4-6-16(7-5-15)13-19-10-8-17-14-19/h2-8,10,14,20H,9,11-13H2,1H3/b3-2+. The van der Waals surface area contributed by atoms with Gasteiger partial charge in [0.15, 0.2) is 0 Å². The van der Waals surface area contributed by atoms with Crippen LogP contribution >= 0.6 is 0 Å². The molecule has 106 valence electrons. The van der Waals surface area contributed by atoms with Gasteiger partial charge in [0.05, 0.1) is 12.9 Å². The van der Waals surface area contributed by atoms with Gasteiger partial charge >= 0.3 is 0 Å². The molecule has 1 aromatic carbocycles. The molecule has 4 heteroatoms. The third-order valence-electron chi connectivity index (χ3n) is 3.11. The quantitative estimate of drug-likeness (QED) is 0.836. The number of likely N-dealkylation sites (N-methyl/N-ethyl adjacent to an activating group) is 1. The Balaban J connectivity index is 1.86. The van der Waals surface area contributed by atoms with Crippen LogP contribution in [0.3, 0.4) is 0 Å². The number of hydrogen-bond donors (Lipinski definition) is 1. The van der Waals surface area contributed by atoms with Crippen LogP contribution in [0.2, 0.25) is 0 Å². The molecule has 2 rings (SSSR count). The van der Waals surface area contributed by atoms with E-state index in [4.69, 9.17) is 5.11 Å². The molecule has 0 saturated heterocycles. The van der Waals surface area contributed by atoms with Gasteiger partial charge in [0.2, 0.25) is 0 Å². The van der Waals surface area contributed by atoms with Gasteiger partial charge in [-0.25, -0.2) is 4.98 Å². The summed E-state index contributed by atoms with van der Waals surface area (Å²) >= 11 is 0. The number of aromatic nitrogens is 2. The molecule has 4 nitrogen and oxygen atoms in total. The maximum Gasteiger partial charge on any atom is 0.0949 e. The number of benzene rings is 1. The summed E-state index contributed by atoms with van der Waals surface area (Å²) in [5, 5.41) is 8.82. The molecule has 2 aromatic rings. The van der Waals surface area contributed by atoms with E-state index in [0.29, 0.717) is 6.54 Å². The molecule has 0 saturated carbocycles. The Morgan fingerprint density at radius 1 is 1.30 bits per heavy atom. The van der Waals surface area contributed by atoms with E-state index in [1.54, 1.807) is 6.20 Å². The van der Waals surface area contributed by atoms with Gasteiger partial charge in [-0.05, 0) is 18.2 Å². The van der Waals surface area contributed by atoms with E-state index in [1.165, 1.54) is 11.1 Å². The minimum Gasteiger partial charge on any atom is -0.395 e. The third kappa shape index (κ3) is 4.64. The van der Waals surface area contributed by atoms with Gasteiger partial charge in [-0.15, -0.1) is 0 Å². The van der Waals surface area contributed by atoms with Gasteiger partial charge < -0.3 is 14.6 Å². The number of imidazole rings is 1. The molecule has 1 N–H and O–H groups in total. The summed E-state index contributed by atoms with van der Waals surface area (Å²) in [4.78, 5) is 6.11. The van der Waals surface area contributed by atoms with E-state index in [-0.39, 0.29) is 6.61 Å². The zero-order valence-electron chi connectivity index (χ0n) is 11.8. The lowest BCUT2D eigenvalue weighted by Crippen LogP contribution is -2.21. The number of aliphatic hydroxyl groups is 1. The molecule has 1 heterocycles. The molecule has 0 atom stereocenters. The van der Waals surface area contributed by atoms with Crippen LogP contribution < -0.4 is 0 Å². The van der Waals surface area contributed by atoms with Crippen LogP contribution in [0.25, 0.3) is 6.08 Å². The molecule has 1 aromatic heterocycles. The van der Waals surface area contributed by atoms with E-state index in [1.807, 2.05) is 19.6 Å². The molecule has 0 aliphatic rings. The zero-order valence-corrected chi connectivity index (χ0v) is 11.8. The maximum absolute atomic E-state index is 8.82. The molecule has 20 heavy (non-hydrogen) atoms. The Kier molecular flexibility index (Phi) is 5.53. The van der Waals surface area contributed by atoms with Gasteiger partial charge in [0.1, 0.15) is 0 Å². The van der Waals surface area contributed by atoms with Crippen LogP contribution in [0.1, 0.15) is 11.1 Å². The van der Waals surface area contributed by atoms with E-state index in [9.17, 15) is 0 Å². The molecular weight excluding hydrogens is 250 g/mol. The van der Waals surface area contributed by atoms with E-state index in [0.717, 1.165) is 13.1 Å². The number of hydrogen-bond acceptors (Lipinski definition) is 3. The Morgan fingerprint density at radius 2 is 2.10 bits per heavy atom. The summed E-state index contributed by atoms with van der Waals surface area (Å²) in [5.74, 6) is 0. The molecule has 0 aliphatic heterocycles. The topological polar surface area (TPSA) is 41.3 Å². The zero-order chi connectivity index (χ0) is 14.2. The average Bonchev–Trinajstić information content (AvgIpc) is 2.94. The van der Waals surface area contributed by atoms with Crippen molar-refractivity contribution in [3.8, 4) is 0 Å². The van der Waals surface area contributed by atoms with E-state index in [2.05, 4.69) is 50.9 Å². The minimum absolute atomic E-state index is 0.202. The first kappa shape index (κ1) is 14.5. The van der Waals surface area contributed by atoms with Crippen molar-refractivity contribution >= 4 is 6.08 Å². The van der Waals surface area contributed by atoms with Crippen LogP contribution in [0, 0.1) is 0 Å². The Morgan fingerprint density at radius 3 is 2.75 bits per heavy atom. The normalized spacial score (nSPS) is 11.6. The highest BCUT2D eigenvalue weighted by atomic mass is 16.3. The van der Waals surface area contributed by atoms with Gasteiger partial charge in [-0.1, -0.05) is 36.4 Å². The first-order valence-corrected chi connectivity index (χ1v) is 6.78. The van der Waals surface area contributed by atoms with Gasteiger partial charge in [-0.3, -0.25) is 0 Å². The fraction of sp³-hybridized carbons (Fsp3) is 0.312. The summed E-state index contributed by atoms with van der Waals surface area (Å²) in [5.41, 5.74) is 2.45. The molecule has 0 unspecified atom stereocenters. The predicted molar refractivity (Wildman–Crippen MR) is 81.4 cm³/mol. The van der Waals surface area contributed by atoms with Crippen molar-refractivity contribution in [2.75, 3.05) is 26.7 Å². The van der Waals surface area contributed by atoms with Crippen molar-refractivity contribution in [2.24, 2.45) is 0 Å². The third-order valence-corrected chi connectivity index (χ3v) is 3.11. The average molecular weight is 271 g/mol. The minimum atomic E-state index is 0.202. The number of nitrogens with zero attached hydrogens (tertiary/aromatic N) is 3. The highest BCUT2D eigenvalue weighted by Crippen LogP contribution is 2.08. The van der Waals surface area contributed by atoms with Gasteiger partial charge in [-0.2, -0.15) is 0 Å². The van der Waals surface area contributed by atoms with Crippen molar-refractivity contribution < 1.29 is 5.11 Å². The van der Waals surface area contributed by atoms with Crippen molar-refractivity contribution in [1.82, 2.24) is 14.5 Å². The van der Waals surface area contributed by atoms with Crippen LogP contribution in [0.4, 0.5) is 0 Å². The maximum atomic E-state index is 8.82. The summed E-state index contributed by atoms with van der Waals surface area (Å²) in [6.07, 6.45) is 9.80. The van der Waals surface area contributed by atoms with Crippen LogP contribution in [0.5, 0.6) is 0 Å². The lowest BCUT2D eigenvalue weighted by molar-refractivity contribution is 0.232. The number of aliphatic hydroxyl groups excluding tert-OH is 1. The second kappa shape index (κ2) is 7.62. The fourth-order valence-corrected chi connectivity index (χ4v) is 1.96.